The zero-order chi connectivity index (χ0) is 8.15. The number of aliphatic hydroxyl groups excluding tert-OH is 1. The Balaban J connectivity index is 4.04. The minimum absolute atomic E-state index is 0.352. The van der Waals surface area contributed by atoms with E-state index in [1.165, 1.54) is 0 Å². The summed E-state index contributed by atoms with van der Waals surface area (Å²) >= 11 is 0. The smallest absolute Gasteiger partial charge is 0.145 e. The topological polar surface area (TPSA) is 37.3 Å². The third-order valence-corrected chi connectivity index (χ3v) is 1.45. The van der Waals surface area contributed by atoms with Crippen LogP contribution in [0.3, 0.4) is 0 Å². The molecule has 10 heavy (non-hydrogen) atoms. The highest BCUT2D eigenvalue weighted by atomic mass is 16.3. The predicted molar refractivity (Wildman–Crippen MR) is 40.7 cm³/mol. The Kier molecular flexibility index (Phi) is 3.96. The van der Waals surface area contributed by atoms with Gasteiger partial charge in [0.15, 0.2) is 0 Å². The third-order valence-electron chi connectivity index (χ3n) is 1.45. The largest absolute Gasteiger partial charge is 0.393 e. The van der Waals surface area contributed by atoms with E-state index in [4.69, 9.17) is 5.11 Å². The molecule has 1 atom stereocenters. The highest BCUT2D eigenvalue weighted by molar-refractivity contribution is 5.73. The molecule has 0 rings (SSSR count). The number of carbonyl (C=O) groups excluding carboxylic acids is 1. The lowest BCUT2D eigenvalue weighted by atomic mass is 10.1. The molecule has 2 nitrogen and oxygen atoms in total. The quantitative estimate of drug-likeness (QED) is 0.476. The van der Waals surface area contributed by atoms with Crippen molar-refractivity contribution in [2.75, 3.05) is 0 Å². The molecule has 0 radical (unpaired) electrons. The van der Waals surface area contributed by atoms with E-state index in [1.807, 2.05) is 6.92 Å². The lowest BCUT2D eigenvalue weighted by Crippen LogP contribution is -2.01. The van der Waals surface area contributed by atoms with Gasteiger partial charge in [-0.2, -0.15) is 0 Å². The van der Waals surface area contributed by atoms with Crippen LogP contribution in [-0.4, -0.2) is 17.5 Å². The molecule has 58 valence electrons. The van der Waals surface area contributed by atoms with Gasteiger partial charge in [-0.15, -0.1) is 0 Å². The molecule has 0 aliphatic rings. The van der Waals surface area contributed by atoms with Crippen molar-refractivity contribution in [1.82, 2.24) is 0 Å². The van der Waals surface area contributed by atoms with Crippen LogP contribution in [0.25, 0.3) is 0 Å². The minimum atomic E-state index is -0.352. The number of carbonyl (C=O) groups is 1. The average molecular weight is 142 g/mol. The maximum Gasteiger partial charge on any atom is 0.145 e. The second-order valence-corrected chi connectivity index (χ2v) is 2.63. The van der Waals surface area contributed by atoms with Crippen molar-refractivity contribution in [2.24, 2.45) is 0 Å². The van der Waals surface area contributed by atoms with Gasteiger partial charge < -0.3 is 5.11 Å². The van der Waals surface area contributed by atoms with Crippen LogP contribution in [-0.2, 0) is 4.79 Å². The summed E-state index contributed by atoms with van der Waals surface area (Å²) < 4.78 is 0. The first-order valence-electron chi connectivity index (χ1n) is 3.37. The van der Waals surface area contributed by atoms with Gasteiger partial charge in [-0.25, -0.2) is 0 Å². The molecule has 0 bridgehead atoms. The number of hydrogen-bond acceptors (Lipinski definition) is 2. The standard InChI is InChI=1S/C8H14O2/c1-6(4-8(3)10)7(2)5-9/h5,8,10H,4H2,1-3H3/b7-6+. The molecule has 1 unspecified atom stereocenters. The van der Waals surface area contributed by atoms with Crippen molar-refractivity contribution in [3.05, 3.63) is 11.1 Å². The Bertz CT molecular complexity index is 145. The summed E-state index contributed by atoms with van der Waals surface area (Å²) in [6.45, 7) is 5.32. The molecule has 0 aromatic rings. The van der Waals surface area contributed by atoms with Crippen LogP contribution >= 0.6 is 0 Å². The molecule has 0 spiro atoms. The summed E-state index contributed by atoms with van der Waals surface area (Å²) in [5.41, 5.74) is 1.69. The van der Waals surface area contributed by atoms with E-state index >= 15 is 0 Å². The summed E-state index contributed by atoms with van der Waals surface area (Å²) in [7, 11) is 0. The van der Waals surface area contributed by atoms with Crippen LogP contribution in [0.5, 0.6) is 0 Å². The summed E-state index contributed by atoms with van der Waals surface area (Å²) in [5, 5.41) is 8.92. The van der Waals surface area contributed by atoms with Gasteiger partial charge in [-0.1, -0.05) is 5.57 Å². The summed E-state index contributed by atoms with van der Waals surface area (Å²) in [5.74, 6) is 0. The van der Waals surface area contributed by atoms with Crippen molar-refractivity contribution >= 4 is 6.29 Å². The maximum absolute atomic E-state index is 10.2. The zero-order valence-electron chi connectivity index (χ0n) is 6.72. The first-order valence-corrected chi connectivity index (χ1v) is 3.37. The van der Waals surface area contributed by atoms with Gasteiger partial charge >= 0.3 is 0 Å². The van der Waals surface area contributed by atoms with E-state index < -0.39 is 0 Å². The zero-order valence-corrected chi connectivity index (χ0v) is 6.72. The first kappa shape index (κ1) is 9.37. The summed E-state index contributed by atoms with van der Waals surface area (Å²) in [4.78, 5) is 10.2. The van der Waals surface area contributed by atoms with Crippen molar-refractivity contribution in [2.45, 2.75) is 33.3 Å². The molecular weight excluding hydrogens is 128 g/mol. The molecule has 0 aliphatic carbocycles. The van der Waals surface area contributed by atoms with Gasteiger partial charge in [-0.3, -0.25) is 4.79 Å². The van der Waals surface area contributed by atoms with Gasteiger partial charge in [-0.05, 0) is 32.8 Å². The van der Waals surface area contributed by atoms with Gasteiger partial charge in [0.1, 0.15) is 6.29 Å². The summed E-state index contributed by atoms with van der Waals surface area (Å²) in [6.07, 6.45) is 1.05. The third kappa shape index (κ3) is 3.41. The predicted octanol–water partition coefficient (Wildman–Crippen LogP) is 1.29. The first-order chi connectivity index (χ1) is 4.57. The molecule has 0 heterocycles. The van der Waals surface area contributed by atoms with Crippen LogP contribution in [0.4, 0.5) is 0 Å². The van der Waals surface area contributed by atoms with E-state index in [2.05, 4.69) is 0 Å². The van der Waals surface area contributed by atoms with Crippen molar-refractivity contribution in [3.8, 4) is 0 Å². The number of aldehydes is 1. The molecule has 0 amide bonds. The molecule has 0 aliphatic heterocycles. The lowest BCUT2D eigenvalue weighted by Gasteiger charge is -2.04. The Hall–Kier alpha value is -0.630. The van der Waals surface area contributed by atoms with Crippen molar-refractivity contribution in [3.63, 3.8) is 0 Å². The van der Waals surface area contributed by atoms with Gasteiger partial charge in [0, 0.05) is 0 Å². The monoisotopic (exact) mass is 142 g/mol. The molecule has 0 fully saturated rings. The second-order valence-electron chi connectivity index (χ2n) is 2.63. The Morgan fingerprint density at radius 3 is 2.40 bits per heavy atom. The van der Waals surface area contributed by atoms with Crippen molar-refractivity contribution < 1.29 is 9.90 Å². The average Bonchev–Trinajstić information content (AvgIpc) is 1.85. The van der Waals surface area contributed by atoms with Crippen LogP contribution in [0, 0.1) is 0 Å². The number of hydrogen-bond donors (Lipinski definition) is 1. The van der Waals surface area contributed by atoms with Gasteiger partial charge in [0.05, 0.1) is 6.10 Å². The fourth-order valence-corrected chi connectivity index (χ4v) is 0.705. The van der Waals surface area contributed by atoms with Gasteiger partial charge in [0.25, 0.3) is 0 Å². The fraction of sp³-hybridized carbons (Fsp3) is 0.625. The number of aliphatic hydroxyl groups is 1. The minimum Gasteiger partial charge on any atom is -0.393 e. The lowest BCUT2D eigenvalue weighted by molar-refractivity contribution is -0.104. The Morgan fingerprint density at radius 1 is 1.60 bits per heavy atom. The highest BCUT2D eigenvalue weighted by Gasteiger charge is 1.99. The van der Waals surface area contributed by atoms with E-state index in [0.717, 1.165) is 17.4 Å². The van der Waals surface area contributed by atoms with Gasteiger partial charge in [0.2, 0.25) is 0 Å². The van der Waals surface area contributed by atoms with E-state index in [-0.39, 0.29) is 6.10 Å². The Labute approximate surface area is 61.6 Å². The Morgan fingerprint density at radius 2 is 2.10 bits per heavy atom. The van der Waals surface area contributed by atoms with Crippen LogP contribution in [0.2, 0.25) is 0 Å². The van der Waals surface area contributed by atoms with E-state index in [1.54, 1.807) is 13.8 Å². The number of allylic oxidation sites excluding steroid dienone is 1. The molecule has 1 N–H and O–H groups in total. The van der Waals surface area contributed by atoms with E-state index in [9.17, 15) is 4.79 Å². The molecule has 0 aromatic carbocycles. The van der Waals surface area contributed by atoms with Crippen molar-refractivity contribution in [1.29, 1.82) is 0 Å². The second kappa shape index (κ2) is 4.23. The highest BCUT2D eigenvalue weighted by Crippen LogP contribution is 2.07. The van der Waals surface area contributed by atoms with E-state index in [0.29, 0.717) is 6.42 Å². The molecule has 0 saturated heterocycles. The molecule has 2 heteroatoms. The molecule has 0 aromatic heterocycles. The van der Waals surface area contributed by atoms with Crippen LogP contribution in [0.15, 0.2) is 11.1 Å². The fourth-order valence-electron chi connectivity index (χ4n) is 0.705. The summed E-state index contributed by atoms with van der Waals surface area (Å²) in [6, 6.07) is 0. The maximum atomic E-state index is 10.2. The SMILES string of the molecule is C/C(C=O)=C(/C)CC(C)O. The number of rotatable bonds is 3. The molecular formula is C8H14O2. The molecule has 0 saturated carbocycles. The van der Waals surface area contributed by atoms with Crippen LogP contribution in [0.1, 0.15) is 27.2 Å². The van der Waals surface area contributed by atoms with Crippen LogP contribution < -0.4 is 0 Å². The normalized spacial score (nSPS) is 16.0.